The van der Waals surface area contributed by atoms with Crippen molar-refractivity contribution in [3.05, 3.63) is 47.7 Å². The summed E-state index contributed by atoms with van der Waals surface area (Å²) in [5, 5.41) is 3.04. The van der Waals surface area contributed by atoms with Crippen LogP contribution in [0.5, 0.6) is 0 Å². The average molecular weight is 396 g/mol. The zero-order valence-electron chi connectivity index (χ0n) is 16.6. The Morgan fingerprint density at radius 1 is 1.24 bits per heavy atom. The van der Waals surface area contributed by atoms with E-state index in [1.807, 2.05) is 41.3 Å². The number of hydrogen-bond acceptors (Lipinski definition) is 5. The molecule has 154 valence electrons. The Hall–Kier alpha value is -2.47. The molecule has 1 aromatic carbocycles. The second-order valence-corrected chi connectivity index (χ2v) is 8.35. The summed E-state index contributed by atoms with van der Waals surface area (Å²) in [4.78, 5) is 40.0. The number of nitrogens with zero attached hydrogens (tertiary/aromatic N) is 1. The number of fused-ring (bicyclic) bond motifs is 1. The molecule has 1 amide bonds. The maximum absolute atomic E-state index is 12.9. The number of Topliss-reactive ketones (excluding diaryl/α,β-unsaturated/α-hetero) is 1. The van der Waals surface area contributed by atoms with E-state index in [0.717, 1.165) is 37.5 Å². The maximum Gasteiger partial charge on any atom is 0.226 e. The molecule has 0 spiro atoms. The third-order valence-corrected chi connectivity index (χ3v) is 6.33. The fourth-order valence-electron chi connectivity index (χ4n) is 4.98. The maximum atomic E-state index is 12.9. The molecule has 4 rings (SSSR count). The molecule has 1 saturated carbocycles. The van der Waals surface area contributed by atoms with Gasteiger partial charge < -0.3 is 10.1 Å². The molecule has 6 heteroatoms. The molecule has 2 atom stereocenters. The predicted molar refractivity (Wildman–Crippen MR) is 108 cm³/mol. The van der Waals surface area contributed by atoms with Gasteiger partial charge in [0.25, 0.3) is 0 Å². The van der Waals surface area contributed by atoms with E-state index in [-0.39, 0.29) is 24.7 Å². The Bertz CT molecular complexity index is 800. The van der Waals surface area contributed by atoms with Gasteiger partial charge in [0.2, 0.25) is 5.91 Å². The minimum absolute atomic E-state index is 0.0311. The lowest BCUT2D eigenvalue weighted by atomic mass is 9.89. The van der Waals surface area contributed by atoms with Gasteiger partial charge in [-0.3, -0.25) is 19.3 Å². The van der Waals surface area contributed by atoms with Crippen molar-refractivity contribution >= 4 is 18.0 Å². The summed E-state index contributed by atoms with van der Waals surface area (Å²) >= 11 is 0. The number of rotatable bonds is 7. The topological polar surface area (TPSA) is 75.7 Å². The summed E-state index contributed by atoms with van der Waals surface area (Å²) in [7, 11) is 0. The van der Waals surface area contributed by atoms with Gasteiger partial charge in [-0.2, -0.15) is 0 Å². The van der Waals surface area contributed by atoms with Crippen molar-refractivity contribution in [2.45, 2.75) is 56.7 Å². The van der Waals surface area contributed by atoms with Crippen LogP contribution >= 0.6 is 0 Å². The van der Waals surface area contributed by atoms with Gasteiger partial charge in [-0.05, 0) is 30.4 Å². The van der Waals surface area contributed by atoms with E-state index in [1.165, 1.54) is 0 Å². The lowest BCUT2D eigenvalue weighted by Crippen LogP contribution is -2.67. The highest BCUT2D eigenvalue weighted by Crippen LogP contribution is 2.37. The Morgan fingerprint density at radius 2 is 2.00 bits per heavy atom. The molecule has 1 N–H and O–H groups in total. The van der Waals surface area contributed by atoms with E-state index in [9.17, 15) is 14.4 Å². The highest BCUT2D eigenvalue weighted by molar-refractivity contribution is 5.91. The molecule has 2 fully saturated rings. The highest BCUT2D eigenvalue weighted by Gasteiger charge is 2.50. The minimum Gasteiger partial charge on any atom is -0.488 e. The molecule has 0 radical (unpaired) electrons. The lowest BCUT2D eigenvalue weighted by Gasteiger charge is -2.45. The normalized spacial score (nSPS) is 24.3. The van der Waals surface area contributed by atoms with Crippen molar-refractivity contribution < 1.29 is 19.1 Å². The van der Waals surface area contributed by atoms with Crippen LogP contribution in [-0.2, 0) is 25.5 Å². The quantitative estimate of drug-likeness (QED) is 0.716. The summed E-state index contributed by atoms with van der Waals surface area (Å²) in [6.45, 7) is 0.573. The first-order valence-corrected chi connectivity index (χ1v) is 10.5. The molecule has 2 heterocycles. The number of benzene rings is 1. The van der Waals surface area contributed by atoms with Crippen LogP contribution in [0.25, 0.3) is 0 Å². The van der Waals surface area contributed by atoms with Gasteiger partial charge in [-0.15, -0.1) is 0 Å². The lowest BCUT2D eigenvalue weighted by molar-refractivity contribution is -0.138. The van der Waals surface area contributed by atoms with Crippen LogP contribution in [0.2, 0.25) is 0 Å². The van der Waals surface area contributed by atoms with Gasteiger partial charge in [-0.1, -0.05) is 56.0 Å². The van der Waals surface area contributed by atoms with E-state index in [4.69, 9.17) is 4.74 Å². The van der Waals surface area contributed by atoms with Gasteiger partial charge >= 0.3 is 0 Å². The number of nitrogens with one attached hydrogen (secondary N) is 1. The van der Waals surface area contributed by atoms with Crippen LogP contribution < -0.4 is 5.32 Å². The fourth-order valence-corrected chi connectivity index (χ4v) is 4.98. The molecule has 1 aromatic rings. The number of amides is 1. The SMILES string of the molecule is O=CC(CC1CCCC1)(NC(=O)Cc1ccccc1)N1CCC=C2OCC(=O)C21. The fraction of sp³-hybridized carbons (Fsp3) is 0.522. The largest absolute Gasteiger partial charge is 0.488 e. The number of ether oxygens (including phenoxy) is 1. The number of ketones is 1. The molecule has 2 unspecified atom stereocenters. The van der Waals surface area contributed by atoms with Crippen molar-refractivity contribution in [3.63, 3.8) is 0 Å². The van der Waals surface area contributed by atoms with Gasteiger partial charge in [0, 0.05) is 6.54 Å². The first kappa shape index (κ1) is 19.8. The highest BCUT2D eigenvalue weighted by atomic mass is 16.5. The molecular formula is C23H28N2O4. The Morgan fingerprint density at radius 3 is 2.72 bits per heavy atom. The minimum atomic E-state index is -1.19. The zero-order valence-corrected chi connectivity index (χ0v) is 16.6. The van der Waals surface area contributed by atoms with Gasteiger partial charge in [0.15, 0.2) is 17.7 Å². The van der Waals surface area contributed by atoms with Gasteiger partial charge in [-0.25, -0.2) is 0 Å². The number of hydrogen-bond donors (Lipinski definition) is 1. The smallest absolute Gasteiger partial charge is 0.226 e. The second kappa shape index (κ2) is 8.49. The van der Waals surface area contributed by atoms with Crippen molar-refractivity contribution in [1.82, 2.24) is 10.2 Å². The van der Waals surface area contributed by atoms with Crippen LogP contribution in [0.3, 0.4) is 0 Å². The Balaban J connectivity index is 1.61. The van der Waals surface area contributed by atoms with E-state index in [0.29, 0.717) is 31.1 Å². The van der Waals surface area contributed by atoms with E-state index in [1.54, 1.807) is 0 Å². The van der Waals surface area contributed by atoms with Crippen LogP contribution in [-0.4, -0.2) is 47.7 Å². The van der Waals surface area contributed by atoms with Crippen LogP contribution in [0.1, 0.15) is 44.1 Å². The van der Waals surface area contributed by atoms with Crippen molar-refractivity contribution in [3.8, 4) is 0 Å². The summed E-state index contributed by atoms with van der Waals surface area (Å²) in [5.41, 5.74) is -0.292. The third-order valence-electron chi connectivity index (χ3n) is 6.33. The number of carbonyl (C=O) groups excluding carboxylic acids is 3. The summed E-state index contributed by atoms with van der Waals surface area (Å²) in [6, 6.07) is 8.91. The summed E-state index contributed by atoms with van der Waals surface area (Å²) in [6.07, 6.45) is 8.61. The van der Waals surface area contributed by atoms with E-state index < -0.39 is 11.7 Å². The molecular weight excluding hydrogens is 368 g/mol. The molecule has 3 aliphatic rings. The monoisotopic (exact) mass is 396 g/mol. The van der Waals surface area contributed by atoms with Crippen molar-refractivity contribution in [1.29, 1.82) is 0 Å². The molecule has 1 aliphatic carbocycles. The summed E-state index contributed by atoms with van der Waals surface area (Å²) in [5.74, 6) is 0.731. The molecule has 1 saturated heterocycles. The van der Waals surface area contributed by atoms with Gasteiger partial charge in [0.1, 0.15) is 18.4 Å². The molecule has 6 nitrogen and oxygen atoms in total. The standard InChI is InChI=1S/C23H28N2O4/c26-16-23(14-18-9-4-5-10-18,24-21(28)13-17-7-2-1-3-8-17)25-12-6-11-20-22(25)19(27)15-29-20/h1-3,7-8,11,16,18,22H,4-6,9-10,12-15H2,(H,24,28). The van der Waals surface area contributed by atoms with Gasteiger partial charge in [0.05, 0.1) is 6.42 Å². The first-order chi connectivity index (χ1) is 14.1. The molecule has 29 heavy (non-hydrogen) atoms. The summed E-state index contributed by atoms with van der Waals surface area (Å²) < 4.78 is 5.55. The number of carbonyl (C=O) groups is 3. The van der Waals surface area contributed by atoms with Crippen molar-refractivity contribution in [2.75, 3.05) is 13.2 Å². The zero-order chi connectivity index (χ0) is 20.3. The van der Waals surface area contributed by atoms with Crippen LogP contribution in [0, 0.1) is 5.92 Å². The Kier molecular flexibility index (Phi) is 5.81. The second-order valence-electron chi connectivity index (χ2n) is 8.35. The average Bonchev–Trinajstić information content (AvgIpc) is 3.38. The number of aldehydes is 1. The van der Waals surface area contributed by atoms with Crippen LogP contribution in [0.4, 0.5) is 0 Å². The first-order valence-electron chi connectivity index (χ1n) is 10.5. The Labute approximate surface area is 171 Å². The van der Waals surface area contributed by atoms with Crippen LogP contribution in [0.15, 0.2) is 42.2 Å². The van der Waals surface area contributed by atoms with E-state index >= 15 is 0 Å². The van der Waals surface area contributed by atoms with E-state index in [2.05, 4.69) is 5.32 Å². The van der Waals surface area contributed by atoms with Crippen molar-refractivity contribution in [2.24, 2.45) is 5.92 Å². The molecule has 0 bridgehead atoms. The predicted octanol–water partition coefficient (Wildman–Crippen LogP) is 2.38. The molecule has 2 aliphatic heterocycles. The molecule has 0 aromatic heterocycles. The third kappa shape index (κ3) is 4.13.